The third kappa shape index (κ3) is 5.46. The quantitative estimate of drug-likeness (QED) is 0.467. The van der Waals surface area contributed by atoms with E-state index >= 15 is 0 Å². The zero-order valence-electron chi connectivity index (χ0n) is 21.7. The summed E-state index contributed by atoms with van der Waals surface area (Å²) >= 11 is 0. The Morgan fingerprint density at radius 1 is 0.921 bits per heavy atom. The lowest BCUT2D eigenvalue weighted by molar-refractivity contribution is -0.139. The van der Waals surface area contributed by atoms with E-state index in [1.807, 2.05) is 30.3 Å². The normalized spacial score (nSPS) is 18.6. The number of piperidine rings is 1. The molecule has 0 saturated carbocycles. The number of carbonyl (C=O) groups is 1. The van der Waals surface area contributed by atoms with Crippen LogP contribution < -0.4 is 14.2 Å². The summed E-state index contributed by atoms with van der Waals surface area (Å²) in [6, 6.07) is 13.7. The van der Waals surface area contributed by atoms with Crippen LogP contribution >= 0.6 is 0 Å². The van der Waals surface area contributed by atoms with E-state index in [0.717, 1.165) is 81.5 Å². The van der Waals surface area contributed by atoms with Gasteiger partial charge >= 0.3 is 0 Å². The lowest BCUT2D eigenvalue weighted by Gasteiger charge is -2.38. The number of amides is 1. The predicted molar refractivity (Wildman–Crippen MR) is 139 cm³/mol. The molecule has 0 radical (unpaired) electrons. The molecule has 3 aliphatic rings. The van der Waals surface area contributed by atoms with Crippen molar-refractivity contribution in [2.75, 3.05) is 53.2 Å². The van der Waals surface area contributed by atoms with E-state index in [4.69, 9.17) is 18.7 Å². The molecular formula is C28H33N5O5. The number of likely N-dealkylation sites (tertiary alicyclic amines) is 1. The Kier molecular flexibility index (Phi) is 7.15. The van der Waals surface area contributed by atoms with Crippen LogP contribution in [0.4, 0.5) is 0 Å². The average molecular weight is 520 g/mol. The maximum atomic E-state index is 13.2. The van der Waals surface area contributed by atoms with Crippen molar-refractivity contribution in [3.05, 3.63) is 53.9 Å². The molecule has 0 unspecified atom stereocenters. The fraction of sp³-hybridized carbons (Fsp3) is 0.464. The van der Waals surface area contributed by atoms with Gasteiger partial charge < -0.3 is 23.6 Å². The molecule has 1 aromatic heterocycles. The number of nitrogens with zero attached hydrogens (tertiary/aromatic N) is 5. The number of hydrogen-bond donors (Lipinski definition) is 0. The summed E-state index contributed by atoms with van der Waals surface area (Å²) in [7, 11) is 1.64. The first-order valence-corrected chi connectivity index (χ1v) is 13.2. The number of piperazine rings is 1. The molecule has 0 atom stereocenters. The van der Waals surface area contributed by atoms with Crippen LogP contribution in [-0.4, -0.2) is 83.9 Å². The molecule has 200 valence electrons. The first kappa shape index (κ1) is 24.7. The van der Waals surface area contributed by atoms with Gasteiger partial charge in [-0.1, -0.05) is 11.2 Å². The SMILES string of the molecule is COc1ccc(-c2noc(CN3CCC(C(=O)N4CCN(Cc5ccc6c(c5)OCO6)CC4)CC3)n2)cc1. The minimum atomic E-state index is 0.0872. The van der Waals surface area contributed by atoms with Crippen LogP contribution in [0.3, 0.4) is 0 Å². The molecule has 38 heavy (non-hydrogen) atoms. The van der Waals surface area contributed by atoms with Gasteiger partial charge in [-0.2, -0.15) is 4.98 Å². The maximum Gasteiger partial charge on any atom is 0.241 e. The van der Waals surface area contributed by atoms with E-state index in [-0.39, 0.29) is 5.92 Å². The standard InChI is InChI=1S/C28H33N5O5/c1-35-23-5-3-21(4-6-23)27-29-26(38-30-27)18-31-10-8-22(9-11-31)28(34)33-14-12-32(13-15-33)17-20-2-7-24-25(16-20)37-19-36-24/h2-7,16,22H,8-15,17-19H2,1H3. The summed E-state index contributed by atoms with van der Waals surface area (Å²) in [5, 5.41) is 4.13. The number of aromatic nitrogens is 2. The van der Waals surface area contributed by atoms with Crippen molar-refractivity contribution < 1.29 is 23.5 Å². The van der Waals surface area contributed by atoms with E-state index in [1.54, 1.807) is 7.11 Å². The van der Waals surface area contributed by atoms with E-state index in [2.05, 4.69) is 37.0 Å². The Hall–Kier alpha value is -3.63. The fourth-order valence-electron chi connectivity index (χ4n) is 5.39. The van der Waals surface area contributed by atoms with Gasteiger partial charge in [0, 0.05) is 44.2 Å². The lowest BCUT2D eigenvalue weighted by atomic mass is 9.95. The van der Waals surface area contributed by atoms with Gasteiger partial charge in [-0.15, -0.1) is 0 Å². The van der Waals surface area contributed by atoms with Crippen molar-refractivity contribution in [1.29, 1.82) is 0 Å². The molecule has 6 rings (SSSR count). The third-order valence-corrected chi connectivity index (χ3v) is 7.64. The molecule has 2 aromatic carbocycles. The van der Waals surface area contributed by atoms with Crippen LogP contribution in [-0.2, 0) is 17.9 Å². The number of hydrogen-bond acceptors (Lipinski definition) is 9. The fourth-order valence-corrected chi connectivity index (χ4v) is 5.39. The molecule has 2 saturated heterocycles. The molecule has 2 fully saturated rings. The summed E-state index contributed by atoms with van der Waals surface area (Å²) in [6.45, 7) is 6.76. The highest BCUT2D eigenvalue weighted by atomic mass is 16.7. The minimum Gasteiger partial charge on any atom is -0.497 e. The second-order valence-corrected chi connectivity index (χ2v) is 10.1. The zero-order chi connectivity index (χ0) is 25.9. The van der Waals surface area contributed by atoms with Crippen LogP contribution in [0.25, 0.3) is 11.4 Å². The van der Waals surface area contributed by atoms with Gasteiger partial charge in [0.15, 0.2) is 11.5 Å². The summed E-state index contributed by atoms with van der Waals surface area (Å²) in [4.78, 5) is 24.5. The minimum absolute atomic E-state index is 0.0872. The second kappa shape index (κ2) is 11.0. The molecule has 3 aromatic rings. The monoisotopic (exact) mass is 519 g/mol. The van der Waals surface area contributed by atoms with Crippen molar-refractivity contribution in [3.8, 4) is 28.6 Å². The molecule has 10 nitrogen and oxygen atoms in total. The molecule has 3 aliphatic heterocycles. The number of ether oxygens (including phenoxy) is 3. The number of methoxy groups -OCH3 is 1. The van der Waals surface area contributed by atoms with Gasteiger partial charge in [0.2, 0.25) is 24.4 Å². The van der Waals surface area contributed by atoms with Crippen molar-refractivity contribution >= 4 is 5.91 Å². The highest BCUT2D eigenvalue weighted by Crippen LogP contribution is 2.33. The van der Waals surface area contributed by atoms with Crippen molar-refractivity contribution in [2.45, 2.75) is 25.9 Å². The second-order valence-electron chi connectivity index (χ2n) is 10.1. The molecule has 1 amide bonds. The van der Waals surface area contributed by atoms with E-state index in [0.29, 0.717) is 31.0 Å². The van der Waals surface area contributed by atoms with Gasteiger partial charge in [0.05, 0.1) is 13.7 Å². The summed E-state index contributed by atoms with van der Waals surface area (Å²) in [5.41, 5.74) is 2.10. The van der Waals surface area contributed by atoms with E-state index in [9.17, 15) is 4.79 Å². The first-order chi connectivity index (χ1) is 18.6. The third-order valence-electron chi connectivity index (χ3n) is 7.64. The number of benzene rings is 2. The number of rotatable bonds is 7. The zero-order valence-corrected chi connectivity index (χ0v) is 21.7. The molecule has 0 bridgehead atoms. The Labute approximate surface area is 222 Å². The van der Waals surface area contributed by atoms with E-state index < -0.39 is 0 Å². The van der Waals surface area contributed by atoms with Crippen LogP contribution in [0.15, 0.2) is 47.0 Å². The predicted octanol–water partition coefficient (Wildman–Crippen LogP) is 3.03. The van der Waals surface area contributed by atoms with Gasteiger partial charge in [0.1, 0.15) is 5.75 Å². The largest absolute Gasteiger partial charge is 0.497 e. The smallest absolute Gasteiger partial charge is 0.241 e. The molecule has 0 spiro atoms. The Morgan fingerprint density at radius 2 is 1.66 bits per heavy atom. The maximum absolute atomic E-state index is 13.2. The number of fused-ring (bicyclic) bond motifs is 1. The number of carbonyl (C=O) groups excluding carboxylic acids is 1. The Balaban J connectivity index is 0.944. The van der Waals surface area contributed by atoms with Crippen LogP contribution in [0.1, 0.15) is 24.3 Å². The molecular weight excluding hydrogens is 486 g/mol. The summed E-state index contributed by atoms with van der Waals surface area (Å²) in [6.07, 6.45) is 1.71. The molecule has 0 N–H and O–H groups in total. The van der Waals surface area contributed by atoms with Gasteiger partial charge in [-0.05, 0) is 67.9 Å². The highest BCUT2D eigenvalue weighted by molar-refractivity contribution is 5.79. The summed E-state index contributed by atoms with van der Waals surface area (Å²) in [5.74, 6) is 3.98. The van der Waals surface area contributed by atoms with Crippen molar-refractivity contribution in [2.24, 2.45) is 5.92 Å². The van der Waals surface area contributed by atoms with Crippen LogP contribution in [0.2, 0.25) is 0 Å². The molecule has 10 heteroatoms. The van der Waals surface area contributed by atoms with Gasteiger partial charge in [0.25, 0.3) is 0 Å². The Morgan fingerprint density at radius 3 is 2.42 bits per heavy atom. The van der Waals surface area contributed by atoms with Crippen LogP contribution in [0, 0.1) is 5.92 Å². The highest BCUT2D eigenvalue weighted by Gasteiger charge is 2.31. The summed E-state index contributed by atoms with van der Waals surface area (Å²) < 4.78 is 21.6. The Bertz CT molecular complexity index is 1250. The molecule has 0 aliphatic carbocycles. The van der Waals surface area contributed by atoms with Gasteiger partial charge in [-0.3, -0.25) is 14.6 Å². The topological polar surface area (TPSA) is 93.4 Å². The molecule has 4 heterocycles. The van der Waals surface area contributed by atoms with Crippen LogP contribution in [0.5, 0.6) is 17.2 Å². The van der Waals surface area contributed by atoms with Gasteiger partial charge in [-0.25, -0.2) is 0 Å². The first-order valence-electron chi connectivity index (χ1n) is 13.2. The van der Waals surface area contributed by atoms with Crippen molar-refractivity contribution in [3.63, 3.8) is 0 Å². The van der Waals surface area contributed by atoms with E-state index in [1.165, 1.54) is 5.56 Å². The lowest BCUT2D eigenvalue weighted by Crippen LogP contribution is -2.51. The van der Waals surface area contributed by atoms with Crippen molar-refractivity contribution in [1.82, 2.24) is 24.8 Å². The average Bonchev–Trinajstić information content (AvgIpc) is 3.63.